The Morgan fingerprint density at radius 2 is 2.00 bits per heavy atom. The molecule has 1 aliphatic heterocycles. The van der Waals surface area contributed by atoms with Gasteiger partial charge in [0.1, 0.15) is 0 Å². The van der Waals surface area contributed by atoms with Gasteiger partial charge >= 0.3 is 6.18 Å². The Morgan fingerprint density at radius 3 is 2.47 bits per heavy atom. The standard InChI is InChI=1S/C11H21F3N2O2S/c1-9(2)16(8-11(12,13)14)5-3-10-7-19(17,18)6-4-15-10/h9-10,15H,3-8H2,1-2H3. The number of halogens is 3. The lowest BCUT2D eigenvalue weighted by Gasteiger charge is -2.30. The van der Waals surface area contributed by atoms with Gasteiger partial charge in [-0.3, -0.25) is 4.90 Å². The van der Waals surface area contributed by atoms with Crippen molar-refractivity contribution in [3.8, 4) is 0 Å². The van der Waals surface area contributed by atoms with Crippen LogP contribution < -0.4 is 5.32 Å². The minimum absolute atomic E-state index is 0.0188. The molecule has 0 radical (unpaired) electrons. The summed E-state index contributed by atoms with van der Waals surface area (Å²) in [6, 6.07) is -0.463. The van der Waals surface area contributed by atoms with E-state index in [0.717, 1.165) is 0 Å². The minimum atomic E-state index is -4.23. The van der Waals surface area contributed by atoms with Gasteiger partial charge in [-0.25, -0.2) is 8.42 Å². The van der Waals surface area contributed by atoms with E-state index in [2.05, 4.69) is 5.32 Å². The van der Waals surface area contributed by atoms with Crippen molar-refractivity contribution in [2.75, 3.05) is 31.1 Å². The van der Waals surface area contributed by atoms with Crippen molar-refractivity contribution in [3.05, 3.63) is 0 Å². The predicted octanol–water partition coefficient (Wildman–Crippen LogP) is 1.04. The molecule has 0 aliphatic carbocycles. The lowest BCUT2D eigenvalue weighted by atomic mass is 10.2. The van der Waals surface area contributed by atoms with Crippen LogP contribution in [0.1, 0.15) is 20.3 Å². The van der Waals surface area contributed by atoms with Crippen molar-refractivity contribution in [1.82, 2.24) is 10.2 Å². The Balaban J connectivity index is 2.48. The summed E-state index contributed by atoms with van der Waals surface area (Å²) in [6.07, 6.45) is -3.82. The molecule has 0 amide bonds. The Morgan fingerprint density at radius 1 is 1.37 bits per heavy atom. The molecule has 4 nitrogen and oxygen atoms in total. The summed E-state index contributed by atoms with van der Waals surface area (Å²) in [5, 5.41) is 3.04. The summed E-state index contributed by atoms with van der Waals surface area (Å²) in [5.74, 6) is 0.130. The fourth-order valence-electron chi connectivity index (χ4n) is 2.12. The average Bonchev–Trinajstić information content (AvgIpc) is 2.21. The van der Waals surface area contributed by atoms with Gasteiger partial charge in [-0.05, 0) is 20.3 Å². The largest absolute Gasteiger partial charge is 0.401 e. The molecule has 1 N–H and O–H groups in total. The Bertz CT molecular complexity index is 382. The number of nitrogens with zero attached hydrogens (tertiary/aromatic N) is 1. The molecule has 1 heterocycles. The van der Waals surface area contributed by atoms with Crippen molar-refractivity contribution < 1.29 is 21.6 Å². The molecule has 1 rings (SSSR count). The van der Waals surface area contributed by atoms with E-state index in [1.807, 2.05) is 0 Å². The highest BCUT2D eigenvalue weighted by Crippen LogP contribution is 2.18. The smallest absolute Gasteiger partial charge is 0.312 e. The normalized spacial score (nSPS) is 24.1. The maximum atomic E-state index is 12.4. The van der Waals surface area contributed by atoms with E-state index in [1.165, 1.54) is 4.90 Å². The summed E-state index contributed by atoms with van der Waals surface area (Å²) in [7, 11) is -3.04. The predicted molar refractivity (Wildman–Crippen MR) is 67.8 cm³/mol. The van der Waals surface area contributed by atoms with Crippen LogP contribution in [0, 0.1) is 0 Å². The van der Waals surface area contributed by atoms with E-state index in [9.17, 15) is 21.6 Å². The topological polar surface area (TPSA) is 49.4 Å². The second-order valence-electron chi connectivity index (χ2n) is 5.23. The van der Waals surface area contributed by atoms with Crippen molar-refractivity contribution >= 4 is 9.84 Å². The van der Waals surface area contributed by atoms with Gasteiger partial charge in [0.25, 0.3) is 0 Å². The van der Waals surface area contributed by atoms with Crippen LogP contribution in [-0.4, -0.2) is 62.7 Å². The second-order valence-corrected chi connectivity index (χ2v) is 7.46. The molecule has 0 aromatic rings. The zero-order chi connectivity index (χ0) is 14.7. The fourth-order valence-corrected chi connectivity index (χ4v) is 3.62. The molecule has 0 bridgehead atoms. The van der Waals surface area contributed by atoms with Crippen LogP contribution in [-0.2, 0) is 9.84 Å². The molecule has 1 aliphatic rings. The second kappa shape index (κ2) is 6.41. The van der Waals surface area contributed by atoms with Gasteiger partial charge in [-0.2, -0.15) is 13.2 Å². The lowest BCUT2D eigenvalue weighted by Crippen LogP contribution is -2.48. The van der Waals surface area contributed by atoms with Crippen molar-refractivity contribution in [1.29, 1.82) is 0 Å². The average molecular weight is 302 g/mol. The highest BCUT2D eigenvalue weighted by atomic mass is 32.2. The van der Waals surface area contributed by atoms with Crippen LogP contribution in [0.25, 0.3) is 0 Å². The molecule has 0 aromatic carbocycles. The monoisotopic (exact) mass is 302 g/mol. The van der Waals surface area contributed by atoms with Gasteiger partial charge in [-0.1, -0.05) is 0 Å². The van der Waals surface area contributed by atoms with Gasteiger partial charge in [-0.15, -0.1) is 0 Å². The zero-order valence-corrected chi connectivity index (χ0v) is 12.0. The summed E-state index contributed by atoms with van der Waals surface area (Å²) in [6.45, 7) is 3.08. The first-order valence-corrected chi connectivity index (χ1v) is 8.16. The molecule has 19 heavy (non-hydrogen) atoms. The molecular formula is C11H21F3N2O2S. The lowest BCUT2D eigenvalue weighted by molar-refractivity contribution is -0.149. The summed E-state index contributed by atoms with van der Waals surface area (Å²) >= 11 is 0. The van der Waals surface area contributed by atoms with Crippen molar-refractivity contribution in [3.63, 3.8) is 0 Å². The molecular weight excluding hydrogens is 281 g/mol. The van der Waals surface area contributed by atoms with Crippen LogP contribution in [0.4, 0.5) is 13.2 Å². The SMILES string of the molecule is CC(C)N(CCC1CS(=O)(=O)CCN1)CC(F)(F)F. The quantitative estimate of drug-likeness (QED) is 0.824. The van der Waals surface area contributed by atoms with Gasteiger partial charge in [0.05, 0.1) is 18.1 Å². The van der Waals surface area contributed by atoms with Crippen LogP contribution in [0.3, 0.4) is 0 Å². The van der Waals surface area contributed by atoms with E-state index in [-0.39, 0.29) is 30.1 Å². The molecule has 1 atom stereocenters. The van der Waals surface area contributed by atoms with Crippen LogP contribution in [0.15, 0.2) is 0 Å². The van der Waals surface area contributed by atoms with Gasteiger partial charge in [0.2, 0.25) is 0 Å². The Labute approximate surface area is 112 Å². The highest BCUT2D eigenvalue weighted by molar-refractivity contribution is 7.91. The zero-order valence-electron chi connectivity index (χ0n) is 11.2. The molecule has 0 saturated carbocycles. The van der Waals surface area contributed by atoms with E-state index in [1.54, 1.807) is 13.8 Å². The summed E-state index contributed by atoms with van der Waals surface area (Å²) in [5.41, 5.74) is 0. The third kappa shape index (κ3) is 6.58. The number of alkyl halides is 3. The molecule has 1 unspecified atom stereocenters. The molecule has 0 aromatic heterocycles. The van der Waals surface area contributed by atoms with Gasteiger partial charge in [0, 0.05) is 25.2 Å². The number of hydrogen-bond donors (Lipinski definition) is 1. The third-order valence-electron chi connectivity index (χ3n) is 3.18. The first-order chi connectivity index (χ1) is 8.59. The van der Waals surface area contributed by atoms with Crippen LogP contribution >= 0.6 is 0 Å². The molecule has 114 valence electrons. The third-order valence-corrected chi connectivity index (χ3v) is 4.92. The Kier molecular flexibility index (Phi) is 5.64. The number of rotatable bonds is 5. The maximum absolute atomic E-state index is 12.4. The Hall–Kier alpha value is -0.340. The van der Waals surface area contributed by atoms with E-state index < -0.39 is 22.6 Å². The molecule has 8 heteroatoms. The molecule has 0 spiro atoms. The first-order valence-electron chi connectivity index (χ1n) is 6.34. The van der Waals surface area contributed by atoms with Crippen LogP contribution in [0.2, 0.25) is 0 Å². The first kappa shape index (κ1) is 16.7. The number of hydrogen-bond acceptors (Lipinski definition) is 4. The number of sulfone groups is 1. The van der Waals surface area contributed by atoms with Gasteiger partial charge < -0.3 is 5.32 Å². The fraction of sp³-hybridized carbons (Fsp3) is 1.00. The summed E-state index contributed by atoms with van der Waals surface area (Å²) in [4.78, 5) is 1.32. The van der Waals surface area contributed by atoms with E-state index in [0.29, 0.717) is 13.0 Å². The van der Waals surface area contributed by atoms with Crippen molar-refractivity contribution in [2.45, 2.75) is 38.5 Å². The number of nitrogens with one attached hydrogen (secondary N) is 1. The molecule has 1 fully saturated rings. The van der Waals surface area contributed by atoms with Crippen LogP contribution in [0.5, 0.6) is 0 Å². The summed E-state index contributed by atoms with van der Waals surface area (Å²) < 4.78 is 60.1. The maximum Gasteiger partial charge on any atom is 0.401 e. The van der Waals surface area contributed by atoms with E-state index in [4.69, 9.17) is 0 Å². The highest BCUT2D eigenvalue weighted by Gasteiger charge is 2.32. The minimum Gasteiger partial charge on any atom is -0.312 e. The van der Waals surface area contributed by atoms with E-state index >= 15 is 0 Å². The van der Waals surface area contributed by atoms with Gasteiger partial charge in [0.15, 0.2) is 9.84 Å². The van der Waals surface area contributed by atoms with Crippen molar-refractivity contribution in [2.24, 2.45) is 0 Å². The molecule has 1 saturated heterocycles.